The molecule has 1 saturated heterocycles. The summed E-state index contributed by atoms with van der Waals surface area (Å²) in [4.78, 5) is 3.78. The van der Waals surface area contributed by atoms with E-state index in [2.05, 4.69) is 103 Å². The summed E-state index contributed by atoms with van der Waals surface area (Å²) in [6, 6.07) is 9.11. The average Bonchev–Trinajstić information content (AvgIpc) is 2.91. The molecule has 1 fully saturated rings. The quantitative estimate of drug-likeness (QED) is 0.498. The zero-order valence-electron chi connectivity index (χ0n) is 20.1. The molecule has 1 aliphatic heterocycles. The van der Waals surface area contributed by atoms with Crippen molar-refractivity contribution in [2.45, 2.75) is 73.1 Å². The summed E-state index contributed by atoms with van der Waals surface area (Å²) in [6.45, 7) is 27.3. The fourth-order valence-electron chi connectivity index (χ4n) is 3.39. The molecule has 1 heterocycles. The summed E-state index contributed by atoms with van der Waals surface area (Å²) in [5.41, 5.74) is 8.19. The monoisotopic (exact) mass is 416 g/mol. The summed E-state index contributed by atoms with van der Waals surface area (Å²) < 4.78 is 0. The second-order valence-corrected chi connectivity index (χ2v) is 12.2. The fraction of sp³-hybridized carbons (Fsp3) is 0.615. The predicted molar refractivity (Wildman–Crippen MR) is 133 cm³/mol. The Labute approximate surface area is 185 Å². The zero-order chi connectivity index (χ0) is 22.5. The maximum atomic E-state index is 4.61. The Bertz CT molecular complexity index is 659. The molecule has 1 unspecified atom stereocenters. The van der Waals surface area contributed by atoms with E-state index in [4.69, 9.17) is 0 Å². The van der Waals surface area contributed by atoms with Crippen LogP contribution in [0.4, 0.5) is 5.69 Å². The summed E-state index contributed by atoms with van der Waals surface area (Å²) >= 11 is 1.97. The maximum absolute atomic E-state index is 4.61. The van der Waals surface area contributed by atoms with Crippen molar-refractivity contribution in [3.05, 3.63) is 49.3 Å². The van der Waals surface area contributed by atoms with Gasteiger partial charge in [0.05, 0.1) is 0 Å². The Balaban J connectivity index is 0.00000132. The molecular weight excluding hydrogens is 372 g/mol. The lowest BCUT2D eigenvalue weighted by Crippen LogP contribution is -2.31. The van der Waals surface area contributed by atoms with Crippen molar-refractivity contribution in [2.24, 2.45) is 27.9 Å². The minimum atomic E-state index is 0.305. The van der Waals surface area contributed by atoms with E-state index in [0.717, 1.165) is 24.6 Å². The average molecular weight is 417 g/mol. The highest BCUT2D eigenvalue weighted by Gasteiger charge is 2.33. The van der Waals surface area contributed by atoms with Crippen molar-refractivity contribution in [1.29, 1.82) is 0 Å². The molecule has 0 radical (unpaired) electrons. The molecule has 2 nitrogen and oxygen atoms in total. The second kappa shape index (κ2) is 10.1. The molecule has 164 valence electrons. The first-order valence-electron chi connectivity index (χ1n) is 10.7. The highest BCUT2D eigenvalue weighted by Crippen LogP contribution is 2.42. The SMILES string of the molecule is C=C1CC(CC(C)(C)C)CN1c1ccc(SCC(C)(C)C(C)(C)C)cc1.C=CN. The predicted octanol–water partition coefficient (Wildman–Crippen LogP) is 7.72. The highest BCUT2D eigenvalue weighted by atomic mass is 32.2. The first kappa shape index (κ1) is 25.7. The minimum absolute atomic E-state index is 0.305. The van der Waals surface area contributed by atoms with Crippen LogP contribution in [0.1, 0.15) is 68.2 Å². The van der Waals surface area contributed by atoms with Crippen molar-refractivity contribution in [3.8, 4) is 0 Å². The van der Waals surface area contributed by atoms with E-state index < -0.39 is 0 Å². The third-order valence-corrected chi connectivity index (χ3v) is 7.50. The number of rotatable bonds is 5. The van der Waals surface area contributed by atoms with Gasteiger partial charge in [0.25, 0.3) is 0 Å². The van der Waals surface area contributed by atoms with E-state index in [1.807, 2.05) is 11.8 Å². The van der Waals surface area contributed by atoms with E-state index in [1.54, 1.807) is 0 Å². The number of anilines is 1. The summed E-state index contributed by atoms with van der Waals surface area (Å²) in [7, 11) is 0. The molecule has 0 aromatic heterocycles. The molecule has 2 rings (SSSR count). The Hall–Kier alpha value is -1.35. The van der Waals surface area contributed by atoms with Crippen molar-refractivity contribution >= 4 is 17.4 Å². The molecule has 0 spiro atoms. The van der Waals surface area contributed by atoms with Crippen molar-refractivity contribution in [3.63, 3.8) is 0 Å². The Morgan fingerprint density at radius 2 is 1.59 bits per heavy atom. The summed E-state index contributed by atoms with van der Waals surface area (Å²) in [6.07, 6.45) is 3.64. The lowest BCUT2D eigenvalue weighted by molar-refractivity contribution is 0.162. The largest absolute Gasteiger partial charge is 0.405 e. The van der Waals surface area contributed by atoms with Gasteiger partial charge in [0.15, 0.2) is 0 Å². The van der Waals surface area contributed by atoms with Crippen LogP contribution in [0.15, 0.2) is 54.2 Å². The molecule has 1 aliphatic rings. The number of benzene rings is 1. The molecule has 29 heavy (non-hydrogen) atoms. The van der Waals surface area contributed by atoms with Crippen molar-refractivity contribution < 1.29 is 0 Å². The van der Waals surface area contributed by atoms with Crippen molar-refractivity contribution in [2.75, 3.05) is 17.2 Å². The van der Waals surface area contributed by atoms with Gasteiger partial charge in [0.2, 0.25) is 0 Å². The number of nitrogens with zero attached hydrogens (tertiary/aromatic N) is 1. The third kappa shape index (κ3) is 8.12. The topological polar surface area (TPSA) is 29.3 Å². The fourth-order valence-corrected chi connectivity index (χ4v) is 4.68. The van der Waals surface area contributed by atoms with Crippen LogP contribution in [-0.2, 0) is 0 Å². The summed E-state index contributed by atoms with van der Waals surface area (Å²) in [5, 5.41) is 0. The smallest absolute Gasteiger partial charge is 0.0408 e. The number of hydrogen-bond donors (Lipinski definition) is 1. The van der Waals surface area contributed by atoms with Crippen LogP contribution in [0.3, 0.4) is 0 Å². The Kier molecular flexibility index (Phi) is 8.95. The van der Waals surface area contributed by atoms with Gasteiger partial charge in [-0.25, -0.2) is 0 Å². The molecule has 1 aromatic rings. The normalized spacial score (nSPS) is 17.7. The molecule has 1 aromatic carbocycles. The van der Waals surface area contributed by atoms with Crippen LogP contribution < -0.4 is 10.6 Å². The van der Waals surface area contributed by atoms with E-state index in [-0.39, 0.29) is 0 Å². The van der Waals surface area contributed by atoms with Crippen LogP contribution in [0.2, 0.25) is 0 Å². The standard InChI is InChI=1S/C24H39NS.C2H5N/c1-18-14-19(15-22(2,3)4)16-25(18)20-10-12-21(13-11-20)26-17-24(8,9)23(5,6)7;1-2-3/h10-13,19H,1,14-17H2,2-9H3;2H,1,3H2. The van der Waals surface area contributed by atoms with Gasteiger partial charge in [0, 0.05) is 28.6 Å². The maximum Gasteiger partial charge on any atom is 0.0408 e. The van der Waals surface area contributed by atoms with E-state index in [0.29, 0.717) is 16.2 Å². The lowest BCUT2D eigenvalue weighted by Gasteiger charge is -2.38. The second-order valence-electron chi connectivity index (χ2n) is 11.2. The third-order valence-electron chi connectivity index (χ3n) is 6.03. The van der Waals surface area contributed by atoms with Crippen LogP contribution in [-0.4, -0.2) is 12.3 Å². The Morgan fingerprint density at radius 1 is 1.07 bits per heavy atom. The number of thioether (sulfide) groups is 1. The van der Waals surface area contributed by atoms with Gasteiger partial charge in [-0.15, -0.1) is 11.8 Å². The molecule has 0 saturated carbocycles. The lowest BCUT2D eigenvalue weighted by atomic mass is 9.71. The van der Waals surface area contributed by atoms with E-state index >= 15 is 0 Å². The molecule has 3 heteroatoms. The van der Waals surface area contributed by atoms with E-state index in [1.165, 1.54) is 28.9 Å². The molecule has 0 bridgehead atoms. The van der Waals surface area contributed by atoms with Gasteiger partial charge in [0.1, 0.15) is 0 Å². The number of nitrogens with two attached hydrogens (primary N) is 1. The minimum Gasteiger partial charge on any atom is -0.405 e. The number of allylic oxidation sites excluding steroid dienone is 1. The van der Waals surface area contributed by atoms with Gasteiger partial charge < -0.3 is 10.6 Å². The van der Waals surface area contributed by atoms with Gasteiger partial charge >= 0.3 is 0 Å². The molecular formula is C26H44N2S. The molecule has 0 aliphatic carbocycles. The first-order valence-corrected chi connectivity index (χ1v) is 11.7. The van der Waals surface area contributed by atoms with Crippen LogP contribution >= 0.6 is 11.8 Å². The number of hydrogen-bond acceptors (Lipinski definition) is 3. The van der Waals surface area contributed by atoms with Gasteiger partial charge in [-0.3, -0.25) is 0 Å². The molecule has 1 atom stereocenters. The molecule has 0 amide bonds. The Morgan fingerprint density at radius 3 is 2.03 bits per heavy atom. The van der Waals surface area contributed by atoms with Gasteiger partial charge in [-0.1, -0.05) is 68.5 Å². The van der Waals surface area contributed by atoms with Crippen LogP contribution in [0, 0.1) is 22.2 Å². The van der Waals surface area contributed by atoms with Crippen LogP contribution in [0.25, 0.3) is 0 Å². The van der Waals surface area contributed by atoms with Crippen LogP contribution in [0.5, 0.6) is 0 Å². The zero-order valence-corrected chi connectivity index (χ0v) is 21.0. The van der Waals surface area contributed by atoms with Gasteiger partial charge in [-0.05, 0) is 65.5 Å². The molecule has 2 N–H and O–H groups in total. The van der Waals surface area contributed by atoms with Crippen molar-refractivity contribution in [1.82, 2.24) is 0 Å². The summed E-state index contributed by atoms with van der Waals surface area (Å²) in [5.74, 6) is 1.86. The van der Waals surface area contributed by atoms with E-state index in [9.17, 15) is 0 Å². The highest BCUT2D eigenvalue weighted by molar-refractivity contribution is 7.99. The first-order chi connectivity index (χ1) is 13.2. The van der Waals surface area contributed by atoms with Gasteiger partial charge in [-0.2, -0.15) is 0 Å².